The normalized spacial score (nSPS) is 11.9. The van der Waals surface area contributed by atoms with Crippen LogP contribution < -0.4 is 29.0 Å². The molecule has 1 aromatic rings. The minimum atomic E-state index is -0.490. The number of pyridine rings is 1. The minimum Gasteiger partial charge on any atom is -0.536 e. The van der Waals surface area contributed by atoms with Gasteiger partial charge in [-0.15, -0.1) is 12.1 Å². The standard InChI is InChI=1S/C12H17N2O2.Li/c1-8-6-7-9(10(13-8)16-5)14-11(15)12(2,3)4;/h6-7H,1-5H3;/q-1;+1. The summed E-state index contributed by atoms with van der Waals surface area (Å²) in [7, 11) is 1.52. The summed E-state index contributed by atoms with van der Waals surface area (Å²) in [4.78, 5) is 19.9. The van der Waals surface area contributed by atoms with Crippen LogP contribution in [-0.4, -0.2) is 18.0 Å². The van der Waals surface area contributed by atoms with Gasteiger partial charge in [0.1, 0.15) is 5.88 Å². The van der Waals surface area contributed by atoms with Crippen molar-refractivity contribution >= 4 is 5.91 Å². The van der Waals surface area contributed by atoms with E-state index < -0.39 is 5.41 Å². The maximum absolute atomic E-state index is 11.7. The molecule has 5 heteroatoms. The monoisotopic (exact) mass is 228 g/mol. The zero-order valence-corrected chi connectivity index (χ0v) is 11.4. The topological polar surface area (TPSA) is 51.6 Å². The van der Waals surface area contributed by atoms with Gasteiger partial charge in [-0.1, -0.05) is 33.4 Å². The maximum atomic E-state index is 11.7. The molecule has 0 fully saturated rings. The molecular weight excluding hydrogens is 211 g/mol. The third kappa shape index (κ3) is 4.41. The van der Waals surface area contributed by atoms with Crippen molar-refractivity contribution in [3.8, 4) is 5.88 Å². The van der Waals surface area contributed by atoms with Crippen molar-refractivity contribution in [3.63, 3.8) is 0 Å². The SMILES string of the molecule is COc1nc(C)c[cH-]c1=NC(=O)C(C)(C)C.[Li+]. The van der Waals surface area contributed by atoms with Gasteiger partial charge in [-0.2, -0.15) is 0 Å². The first-order valence-electron chi connectivity index (χ1n) is 5.12. The Morgan fingerprint density at radius 1 is 1.47 bits per heavy atom. The molecule has 0 aliphatic heterocycles. The van der Waals surface area contributed by atoms with E-state index in [1.165, 1.54) is 7.11 Å². The van der Waals surface area contributed by atoms with E-state index in [4.69, 9.17) is 4.74 Å². The Balaban J connectivity index is 0.00000256. The summed E-state index contributed by atoms with van der Waals surface area (Å²) in [6.45, 7) is 7.34. The van der Waals surface area contributed by atoms with E-state index in [9.17, 15) is 4.79 Å². The van der Waals surface area contributed by atoms with Gasteiger partial charge in [-0.25, -0.2) is 4.99 Å². The Labute approximate surface area is 114 Å². The fourth-order valence-electron chi connectivity index (χ4n) is 1.04. The van der Waals surface area contributed by atoms with Crippen LogP contribution in [0.15, 0.2) is 17.1 Å². The number of rotatable bonds is 1. The van der Waals surface area contributed by atoms with Gasteiger partial charge in [0.2, 0.25) is 5.91 Å². The molecule has 1 heterocycles. The third-order valence-corrected chi connectivity index (χ3v) is 2.04. The van der Waals surface area contributed by atoms with Crippen LogP contribution in [0, 0.1) is 12.3 Å². The number of aryl methyl sites for hydroxylation is 1. The van der Waals surface area contributed by atoms with Crippen LogP contribution in [0.3, 0.4) is 0 Å². The first-order chi connectivity index (χ1) is 7.34. The van der Waals surface area contributed by atoms with Crippen LogP contribution in [0.4, 0.5) is 0 Å². The average molecular weight is 228 g/mol. The number of carbonyl (C=O) groups excluding carboxylic acids is 1. The number of hydrogen-bond donors (Lipinski definition) is 0. The molecule has 0 saturated heterocycles. The molecule has 1 rings (SSSR count). The zero-order valence-electron chi connectivity index (χ0n) is 11.4. The summed E-state index contributed by atoms with van der Waals surface area (Å²) >= 11 is 0. The quantitative estimate of drug-likeness (QED) is 0.438. The predicted octanol–water partition coefficient (Wildman–Crippen LogP) is -1.41. The van der Waals surface area contributed by atoms with E-state index in [1.807, 2.05) is 27.7 Å². The van der Waals surface area contributed by atoms with Gasteiger partial charge < -0.3 is 9.72 Å². The molecule has 1 amide bonds. The second-order valence-electron chi connectivity index (χ2n) is 4.65. The Bertz CT molecular complexity index is 458. The van der Waals surface area contributed by atoms with E-state index >= 15 is 0 Å². The maximum Gasteiger partial charge on any atom is 1.00 e. The first kappa shape index (κ1) is 16.0. The van der Waals surface area contributed by atoms with Crippen LogP contribution in [0.1, 0.15) is 26.5 Å². The fraction of sp³-hybridized carbons (Fsp3) is 0.500. The fourth-order valence-corrected chi connectivity index (χ4v) is 1.04. The van der Waals surface area contributed by atoms with Crippen molar-refractivity contribution in [1.29, 1.82) is 0 Å². The molecule has 0 spiro atoms. The van der Waals surface area contributed by atoms with Gasteiger partial charge in [0.15, 0.2) is 0 Å². The van der Waals surface area contributed by atoms with Crippen molar-refractivity contribution < 1.29 is 28.4 Å². The Morgan fingerprint density at radius 3 is 2.53 bits per heavy atom. The first-order valence-corrected chi connectivity index (χ1v) is 5.12. The molecule has 0 bridgehead atoms. The molecule has 0 unspecified atom stereocenters. The number of amides is 1. The van der Waals surface area contributed by atoms with Crippen LogP contribution >= 0.6 is 0 Å². The smallest absolute Gasteiger partial charge is 0.536 e. The Morgan fingerprint density at radius 2 is 2.06 bits per heavy atom. The van der Waals surface area contributed by atoms with Gasteiger partial charge in [-0.05, 0) is 0 Å². The predicted molar refractivity (Wildman–Crippen MR) is 61.1 cm³/mol. The van der Waals surface area contributed by atoms with Gasteiger partial charge >= 0.3 is 18.9 Å². The molecule has 0 aromatic carbocycles. The van der Waals surface area contributed by atoms with Gasteiger partial charge in [0.25, 0.3) is 0 Å². The molecule has 88 valence electrons. The van der Waals surface area contributed by atoms with E-state index in [-0.39, 0.29) is 24.8 Å². The van der Waals surface area contributed by atoms with Gasteiger partial charge in [-0.3, -0.25) is 4.79 Å². The Hall–Kier alpha value is -0.983. The second-order valence-corrected chi connectivity index (χ2v) is 4.65. The summed E-state index contributed by atoms with van der Waals surface area (Å²) < 4.78 is 5.08. The molecule has 0 aliphatic rings. The van der Waals surface area contributed by atoms with Gasteiger partial charge in [0.05, 0.1) is 7.11 Å². The molecular formula is C12H17LiN2O2. The van der Waals surface area contributed by atoms with Crippen molar-refractivity contribution in [3.05, 3.63) is 23.2 Å². The van der Waals surface area contributed by atoms with E-state index in [1.54, 1.807) is 12.1 Å². The second kappa shape index (κ2) is 6.09. The third-order valence-electron chi connectivity index (χ3n) is 2.04. The van der Waals surface area contributed by atoms with Crippen molar-refractivity contribution in [1.82, 2.24) is 4.98 Å². The summed E-state index contributed by atoms with van der Waals surface area (Å²) in [5.41, 5.74) is 0.342. The Kier molecular flexibility index (Phi) is 5.74. The average Bonchev–Trinajstić information content (AvgIpc) is 2.19. The number of aromatic nitrogens is 1. The van der Waals surface area contributed by atoms with Gasteiger partial charge in [0, 0.05) is 10.8 Å². The van der Waals surface area contributed by atoms with Crippen molar-refractivity contribution in [2.75, 3.05) is 7.11 Å². The van der Waals surface area contributed by atoms with Crippen molar-refractivity contribution in [2.45, 2.75) is 27.7 Å². The number of methoxy groups -OCH3 is 1. The molecule has 0 saturated carbocycles. The molecule has 0 aliphatic carbocycles. The van der Waals surface area contributed by atoms with Crippen molar-refractivity contribution in [2.24, 2.45) is 10.4 Å². The summed E-state index contributed by atoms with van der Waals surface area (Å²) in [5, 5.41) is 0.480. The number of carbonyl (C=O) groups is 1. The summed E-state index contributed by atoms with van der Waals surface area (Å²) in [6.07, 6.45) is 0. The van der Waals surface area contributed by atoms with Crippen LogP contribution in [-0.2, 0) is 4.79 Å². The summed E-state index contributed by atoms with van der Waals surface area (Å²) in [5.74, 6) is 0.203. The minimum absolute atomic E-state index is 0. The molecule has 0 N–H and O–H groups in total. The zero-order chi connectivity index (χ0) is 12.3. The number of nitrogens with zero attached hydrogens (tertiary/aromatic N) is 2. The van der Waals surface area contributed by atoms with E-state index in [0.717, 1.165) is 5.69 Å². The number of ether oxygens (including phenoxy) is 1. The molecule has 4 nitrogen and oxygen atoms in total. The van der Waals surface area contributed by atoms with Crippen LogP contribution in [0.2, 0.25) is 0 Å². The van der Waals surface area contributed by atoms with E-state index in [0.29, 0.717) is 11.2 Å². The largest absolute Gasteiger partial charge is 1.00 e. The van der Waals surface area contributed by atoms with Crippen LogP contribution in [0.5, 0.6) is 5.88 Å². The van der Waals surface area contributed by atoms with E-state index in [2.05, 4.69) is 9.98 Å². The number of hydrogen-bond acceptors (Lipinski definition) is 3. The molecule has 1 aromatic heterocycles. The molecule has 0 atom stereocenters. The molecule has 17 heavy (non-hydrogen) atoms. The molecule has 0 radical (unpaired) electrons. The summed E-state index contributed by atoms with van der Waals surface area (Å²) in [6, 6.07) is 3.54. The van der Waals surface area contributed by atoms with Crippen LogP contribution in [0.25, 0.3) is 0 Å².